The Balaban J connectivity index is 1.38. The maximum absolute atomic E-state index is 14.5. The predicted molar refractivity (Wildman–Crippen MR) is 149 cm³/mol. The first-order valence-corrected chi connectivity index (χ1v) is 13.9. The van der Waals surface area contributed by atoms with Gasteiger partial charge in [0.25, 0.3) is 5.91 Å². The highest BCUT2D eigenvalue weighted by Crippen LogP contribution is 2.29. The number of benzene rings is 2. The summed E-state index contributed by atoms with van der Waals surface area (Å²) in [5, 5.41) is 10.3. The number of ether oxygens (including phenoxy) is 3. The molecule has 3 heterocycles. The van der Waals surface area contributed by atoms with E-state index in [0.29, 0.717) is 48.7 Å². The van der Waals surface area contributed by atoms with E-state index in [1.54, 1.807) is 18.2 Å². The van der Waals surface area contributed by atoms with Gasteiger partial charge in [-0.2, -0.15) is 5.10 Å². The van der Waals surface area contributed by atoms with Gasteiger partial charge in [-0.1, -0.05) is 6.07 Å². The van der Waals surface area contributed by atoms with Crippen LogP contribution in [0.1, 0.15) is 36.5 Å². The van der Waals surface area contributed by atoms with E-state index >= 15 is 0 Å². The standard InChI is InChI=1S/C30H36FN5O5/c1-3-36-17-22(15-33-36)16-35-9-8-26-25(18-35)34-30(38)19-40-28-12-20(4-6-27(28)39-2)5-7-29(37)32-14-21-10-23(31)13-24(11-21)41-26/h4,6,10-13,15,17,25-26H,3,5,7-9,14,16,18-19H2,1-2H3,(H,32,37)(H,34,38)/t25-,26-/m1/s1. The van der Waals surface area contributed by atoms with Gasteiger partial charge in [0.05, 0.1) is 19.3 Å². The number of piperidine rings is 1. The zero-order chi connectivity index (χ0) is 28.8. The van der Waals surface area contributed by atoms with Gasteiger partial charge in [-0.15, -0.1) is 0 Å². The molecule has 0 aliphatic carbocycles. The lowest BCUT2D eigenvalue weighted by atomic mass is 10.0. The Hall–Kier alpha value is -4.12. The highest BCUT2D eigenvalue weighted by Gasteiger charge is 2.32. The molecule has 5 rings (SSSR count). The number of nitrogens with zero attached hydrogens (tertiary/aromatic N) is 3. The first kappa shape index (κ1) is 28.4. The molecule has 11 heteroatoms. The number of likely N-dealkylation sites (tertiary alicyclic amines) is 1. The number of nitrogens with one attached hydrogen (secondary N) is 2. The fourth-order valence-electron chi connectivity index (χ4n) is 5.23. The first-order chi connectivity index (χ1) is 19.9. The minimum Gasteiger partial charge on any atom is -0.493 e. The highest BCUT2D eigenvalue weighted by molar-refractivity contribution is 5.78. The molecule has 1 saturated heterocycles. The van der Waals surface area contributed by atoms with Crippen LogP contribution in [0.15, 0.2) is 48.8 Å². The minimum atomic E-state index is -0.453. The Kier molecular flexibility index (Phi) is 9.03. The number of halogens is 1. The molecule has 3 aromatic rings. The van der Waals surface area contributed by atoms with E-state index in [0.717, 1.165) is 24.2 Å². The van der Waals surface area contributed by atoms with E-state index in [9.17, 15) is 14.0 Å². The summed E-state index contributed by atoms with van der Waals surface area (Å²) in [6.07, 6.45) is 4.81. The van der Waals surface area contributed by atoms with E-state index in [1.807, 2.05) is 30.1 Å². The van der Waals surface area contributed by atoms with Gasteiger partial charge in [0.2, 0.25) is 5.91 Å². The van der Waals surface area contributed by atoms with Crippen molar-refractivity contribution >= 4 is 11.8 Å². The van der Waals surface area contributed by atoms with E-state index in [2.05, 4.69) is 20.6 Å². The van der Waals surface area contributed by atoms with E-state index in [1.165, 1.54) is 19.2 Å². The molecule has 2 N–H and O–H groups in total. The molecule has 1 aromatic heterocycles. The number of aromatic nitrogens is 2. The number of rotatable bonds is 4. The fraction of sp³-hybridized carbons (Fsp3) is 0.433. The van der Waals surface area contributed by atoms with Gasteiger partial charge in [0.15, 0.2) is 18.1 Å². The van der Waals surface area contributed by atoms with Crippen LogP contribution in [0.2, 0.25) is 0 Å². The van der Waals surface area contributed by atoms with Crippen LogP contribution in [0.5, 0.6) is 17.2 Å². The molecule has 218 valence electrons. The largest absolute Gasteiger partial charge is 0.493 e. The van der Waals surface area contributed by atoms with Crippen molar-refractivity contribution in [1.29, 1.82) is 0 Å². The summed E-state index contributed by atoms with van der Waals surface area (Å²) in [5.41, 5.74) is 2.55. The second-order valence-electron chi connectivity index (χ2n) is 10.4. The average molecular weight is 566 g/mol. The number of methoxy groups -OCH3 is 1. The molecule has 10 nitrogen and oxygen atoms in total. The summed E-state index contributed by atoms with van der Waals surface area (Å²) >= 11 is 0. The zero-order valence-electron chi connectivity index (χ0n) is 23.4. The van der Waals surface area contributed by atoms with Gasteiger partial charge >= 0.3 is 0 Å². The summed E-state index contributed by atoms with van der Waals surface area (Å²) in [6, 6.07) is 9.48. The maximum atomic E-state index is 14.5. The summed E-state index contributed by atoms with van der Waals surface area (Å²) in [6.45, 7) is 4.73. The third-order valence-corrected chi connectivity index (χ3v) is 7.33. The van der Waals surface area contributed by atoms with Crippen LogP contribution in [0.4, 0.5) is 4.39 Å². The maximum Gasteiger partial charge on any atom is 0.258 e. The highest BCUT2D eigenvalue weighted by atomic mass is 19.1. The molecule has 0 radical (unpaired) electrons. The van der Waals surface area contributed by atoms with Gasteiger partial charge in [-0.3, -0.25) is 19.2 Å². The molecule has 2 aromatic carbocycles. The van der Waals surface area contributed by atoms with Crippen LogP contribution in [-0.2, 0) is 35.6 Å². The number of hydrogen-bond donors (Lipinski definition) is 2. The second-order valence-corrected chi connectivity index (χ2v) is 10.4. The molecule has 2 aliphatic heterocycles. The minimum absolute atomic E-state index is 0.160. The molecule has 0 saturated carbocycles. The SMILES string of the molecule is CCn1cc(CN2CC[C@H]3Oc4cc(F)cc(c4)CNC(=O)CCc4ccc(OC)c(c4)OCC(=O)N[C@@H]3C2)cn1. The second kappa shape index (κ2) is 13.0. The van der Waals surface area contributed by atoms with E-state index in [4.69, 9.17) is 14.2 Å². The molecule has 2 amide bonds. The molecule has 4 bridgehead atoms. The number of fused-ring (bicyclic) bond motifs is 5. The lowest BCUT2D eigenvalue weighted by molar-refractivity contribution is -0.125. The quantitative estimate of drug-likeness (QED) is 0.501. The third kappa shape index (κ3) is 7.55. The van der Waals surface area contributed by atoms with Gasteiger partial charge in [-0.25, -0.2) is 4.39 Å². The van der Waals surface area contributed by atoms with Crippen LogP contribution in [-0.4, -0.2) is 65.4 Å². The molecule has 41 heavy (non-hydrogen) atoms. The monoisotopic (exact) mass is 565 g/mol. The lowest BCUT2D eigenvalue weighted by Gasteiger charge is -2.38. The number of amides is 2. The molecule has 2 aliphatic rings. The Morgan fingerprint density at radius 1 is 1.12 bits per heavy atom. The Labute approximate surface area is 238 Å². The average Bonchev–Trinajstić information content (AvgIpc) is 3.42. The van der Waals surface area contributed by atoms with Crippen molar-refractivity contribution in [3.05, 3.63) is 71.3 Å². The van der Waals surface area contributed by atoms with Gasteiger partial charge < -0.3 is 24.8 Å². The Morgan fingerprint density at radius 2 is 2.00 bits per heavy atom. The van der Waals surface area contributed by atoms with Crippen LogP contribution in [0, 0.1) is 5.82 Å². The summed E-state index contributed by atoms with van der Waals surface area (Å²) in [7, 11) is 1.54. The van der Waals surface area contributed by atoms with Gasteiger partial charge in [0, 0.05) is 57.0 Å². The van der Waals surface area contributed by atoms with Crippen molar-refractivity contribution in [2.45, 2.75) is 58.0 Å². The van der Waals surface area contributed by atoms with Crippen LogP contribution in [0.3, 0.4) is 0 Å². The normalized spacial score (nSPS) is 20.4. The topological polar surface area (TPSA) is 107 Å². The predicted octanol–water partition coefficient (Wildman–Crippen LogP) is 2.83. The third-order valence-electron chi connectivity index (χ3n) is 7.33. The summed E-state index contributed by atoms with van der Waals surface area (Å²) in [4.78, 5) is 27.9. The van der Waals surface area contributed by atoms with Crippen LogP contribution < -0.4 is 24.8 Å². The first-order valence-electron chi connectivity index (χ1n) is 13.9. The Morgan fingerprint density at radius 3 is 2.80 bits per heavy atom. The van der Waals surface area contributed by atoms with Crippen molar-refractivity contribution in [2.24, 2.45) is 0 Å². The molecular weight excluding hydrogens is 529 g/mol. The van der Waals surface area contributed by atoms with Crippen LogP contribution >= 0.6 is 0 Å². The molecule has 0 spiro atoms. The molecule has 2 atom stereocenters. The van der Waals surface area contributed by atoms with Crippen molar-refractivity contribution in [3.63, 3.8) is 0 Å². The smallest absolute Gasteiger partial charge is 0.258 e. The molecular formula is C30H36FN5O5. The van der Waals surface area contributed by atoms with Gasteiger partial charge in [-0.05, 0) is 55.2 Å². The van der Waals surface area contributed by atoms with E-state index < -0.39 is 11.9 Å². The van der Waals surface area contributed by atoms with Crippen molar-refractivity contribution < 1.29 is 28.2 Å². The lowest BCUT2D eigenvalue weighted by Crippen LogP contribution is -2.57. The molecule has 1 fully saturated rings. The fourth-order valence-corrected chi connectivity index (χ4v) is 5.23. The van der Waals surface area contributed by atoms with E-state index in [-0.39, 0.29) is 37.4 Å². The van der Waals surface area contributed by atoms with Crippen molar-refractivity contribution in [3.8, 4) is 17.2 Å². The zero-order valence-corrected chi connectivity index (χ0v) is 23.4. The number of carbonyl (C=O) groups is 2. The Bertz CT molecular complexity index is 1380. The summed E-state index contributed by atoms with van der Waals surface area (Å²) < 4.78 is 34.0. The van der Waals surface area contributed by atoms with Crippen molar-refractivity contribution in [2.75, 3.05) is 26.8 Å². The molecule has 0 unspecified atom stereocenters. The van der Waals surface area contributed by atoms with Gasteiger partial charge in [0.1, 0.15) is 17.7 Å². The number of hydrogen-bond acceptors (Lipinski definition) is 7. The number of aryl methyl sites for hydroxylation is 2. The van der Waals surface area contributed by atoms with Crippen molar-refractivity contribution in [1.82, 2.24) is 25.3 Å². The number of carbonyl (C=O) groups excluding carboxylic acids is 2. The summed E-state index contributed by atoms with van der Waals surface area (Å²) in [5.74, 6) is 0.362. The van der Waals surface area contributed by atoms with Crippen LogP contribution in [0.25, 0.3) is 0 Å².